The van der Waals surface area contributed by atoms with Crippen molar-refractivity contribution in [3.05, 3.63) is 48.5 Å². The Morgan fingerprint density at radius 2 is 1.26 bits per heavy atom. The van der Waals surface area contributed by atoms with Crippen LogP contribution in [-0.4, -0.2) is 84.6 Å². The van der Waals surface area contributed by atoms with Gasteiger partial charge in [0.15, 0.2) is 0 Å². The molecule has 12 heteroatoms. The fourth-order valence-electron chi connectivity index (χ4n) is 7.08. The highest BCUT2D eigenvalue weighted by atomic mass is 28.4. The van der Waals surface area contributed by atoms with Gasteiger partial charge in [0.1, 0.15) is 0 Å². The number of aliphatic hydroxyl groups is 1. The van der Waals surface area contributed by atoms with Crippen LogP contribution in [-0.2, 0) is 41.9 Å². The van der Waals surface area contributed by atoms with Crippen LogP contribution in [0.4, 0.5) is 0 Å². The van der Waals surface area contributed by atoms with Crippen LogP contribution in [0.15, 0.2) is 48.5 Å². The molecule has 3 atom stereocenters. The van der Waals surface area contributed by atoms with Gasteiger partial charge in [-0.2, -0.15) is 0 Å². The van der Waals surface area contributed by atoms with Gasteiger partial charge in [-0.3, -0.25) is 14.4 Å². The van der Waals surface area contributed by atoms with E-state index in [1.54, 1.807) is 21.3 Å². The quantitative estimate of drug-likeness (QED) is 0.0540. The average Bonchev–Trinajstić information content (AvgIpc) is 3.45. The average molecular weight is 716 g/mol. The molecule has 0 radical (unpaired) electrons. The van der Waals surface area contributed by atoms with Crippen LogP contribution in [0.2, 0.25) is 6.04 Å². The number of methoxy groups -OCH3 is 1. The Labute approximate surface area is 297 Å². The van der Waals surface area contributed by atoms with Crippen molar-refractivity contribution in [3.8, 4) is 0 Å². The van der Waals surface area contributed by atoms with E-state index in [1.165, 1.54) is 7.11 Å². The van der Waals surface area contributed by atoms with Gasteiger partial charge in [0.25, 0.3) is 0 Å². The molecule has 1 N–H and O–H groups in total. The third kappa shape index (κ3) is 9.32. The van der Waals surface area contributed by atoms with Crippen LogP contribution in [0.1, 0.15) is 79.2 Å². The predicted octanol–water partition coefficient (Wildman–Crippen LogP) is 6.86. The molecule has 278 valence electrons. The lowest BCUT2D eigenvalue weighted by Gasteiger charge is -2.40. The van der Waals surface area contributed by atoms with E-state index in [9.17, 15) is 19.5 Å². The minimum atomic E-state index is -2.88. The molecule has 0 aliphatic rings. The normalized spacial score (nSPS) is 15.3. The minimum absolute atomic E-state index is 0.0832. The lowest BCUT2D eigenvalue weighted by Crippen LogP contribution is -2.43. The number of carbonyl (C=O) groups excluding carboxylic acids is 3. The zero-order chi connectivity index (χ0) is 37.2. The van der Waals surface area contributed by atoms with Crippen LogP contribution in [0.3, 0.4) is 0 Å². The predicted molar refractivity (Wildman–Crippen MR) is 194 cm³/mol. The van der Waals surface area contributed by atoms with E-state index >= 15 is 0 Å². The van der Waals surface area contributed by atoms with Gasteiger partial charge in [0.2, 0.25) is 0 Å². The summed E-state index contributed by atoms with van der Waals surface area (Å²) in [5.74, 6) is -1.25. The summed E-state index contributed by atoms with van der Waals surface area (Å²) in [6.45, 7) is 9.37. The second-order valence-electron chi connectivity index (χ2n) is 14.2. The molecule has 0 aliphatic carbocycles. The molecule has 0 spiro atoms. The molecule has 1 heterocycles. The van der Waals surface area contributed by atoms with Crippen LogP contribution in [0.25, 0.3) is 21.8 Å². The fourth-order valence-corrected chi connectivity index (χ4v) is 8.77. The molecule has 3 unspecified atom stereocenters. The van der Waals surface area contributed by atoms with Crippen molar-refractivity contribution in [1.82, 2.24) is 4.57 Å². The maximum atomic E-state index is 14.4. The fraction of sp³-hybridized carbons (Fsp3) is 0.605. The third-order valence-electron chi connectivity index (χ3n) is 10.0. The number of para-hydroxylation sites is 2. The third-order valence-corrected chi connectivity index (χ3v) is 12.9. The molecule has 50 heavy (non-hydrogen) atoms. The van der Waals surface area contributed by atoms with Crippen LogP contribution in [0.5, 0.6) is 0 Å². The molecule has 0 amide bonds. The summed E-state index contributed by atoms with van der Waals surface area (Å²) in [6, 6.07) is 16.2. The zero-order valence-corrected chi connectivity index (χ0v) is 32.3. The SMILES string of the molecule is CCC(C)(CC(C)(CC(CC(C)(C)C(=O)OCCCO)n1c2ccccc2c2ccccc21)C(=O)OCCC[Si](OC)(OC)OC)C(=O)OC. The van der Waals surface area contributed by atoms with Crippen molar-refractivity contribution in [3.63, 3.8) is 0 Å². The summed E-state index contributed by atoms with van der Waals surface area (Å²) in [5.41, 5.74) is -1.22. The zero-order valence-electron chi connectivity index (χ0n) is 31.3. The van der Waals surface area contributed by atoms with E-state index in [2.05, 4.69) is 16.7 Å². The number of hydrogen-bond acceptors (Lipinski definition) is 10. The minimum Gasteiger partial charge on any atom is -0.469 e. The second kappa shape index (κ2) is 17.8. The van der Waals surface area contributed by atoms with Gasteiger partial charge in [-0.1, -0.05) is 43.3 Å². The summed E-state index contributed by atoms with van der Waals surface area (Å²) >= 11 is 0. The molecule has 0 saturated carbocycles. The Bertz CT molecular complexity index is 1520. The molecule has 1 aromatic heterocycles. The molecule has 11 nitrogen and oxygen atoms in total. The Hall–Kier alpha value is -3.29. The van der Waals surface area contributed by atoms with E-state index in [-0.39, 0.29) is 32.7 Å². The number of hydrogen-bond donors (Lipinski definition) is 1. The molecule has 0 saturated heterocycles. The highest BCUT2D eigenvalue weighted by Gasteiger charge is 2.48. The standard InChI is InChI=1S/C38H57NO10Si/c1-10-37(4,34(42)44-6)27-38(5,35(43)49-23-16-24-50(45-7,46-8)47-9)26-28(25-36(2,3)33(41)48-22-15-21-40)39-31-19-13-11-17-29(31)30-18-12-14-20-32(30)39/h11-14,17-20,28,40H,10,15-16,21-27H2,1-9H3. The lowest BCUT2D eigenvalue weighted by molar-refractivity contribution is -0.164. The highest BCUT2D eigenvalue weighted by Crippen LogP contribution is 2.48. The first kappa shape index (κ1) is 41.1. The van der Waals surface area contributed by atoms with Gasteiger partial charge >= 0.3 is 26.7 Å². The number of aromatic nitrogens is 1. The van der Waals surface area contributed by atoms with Gasteiger partial charge in [0.05, 0.1) is 36.6 Å². The van der Waals surface area contributed by atoms with Gasteiger partial charge in [-0.05, 0) is 71.9 Å². The van der Waals surface area contributed by atoms with Gasteiger partial charge in [-0.15, -0.1) is 0 Å². The summed E-state index contributed by atoms with van der Waals surface area (Å²) in [7, 11) is 3.10. The van der Waals surface area contributed by atoms with Crippen molar-refractivity contribution in [2.45, 2.75) is 85.2 Å². The highest BCUT2D eigenvalue weighted by molar-refractivity contribution is 6.60. The number of nitrogens with zero attached hydrogens (tertiary/aromatic N) is 1. The maximum Gasteiger partial charge on any atom is 0.500 e. The molecule has 0 bridgehead atoms. The molecule has 3 aromatic rings. The van der Waals surface area contributed by atoms with Crippen molar-refractivity contribution in [2.75, 3.05) is 48.3 Å². The van der Waals surface area contributed by atoms with Crippen LogP contribution in [0, 0.1) is 16.2 Å². The lowest BCUT2D eigenvalue weighted by atomic mass is 9.67. The monoisotopic (exact) mass is 715 g/mol. The maximum absolute atomic E-state index is 14.4. The first-order valence-electron chi connectivity index (χ1n) is 17.4. The number of esters is 3. The number of carbonyl (C=O) groups is 3. The Morgan fingerprint density at radius 3 is 1.76 bits per heavy atom. The topological polar surface area (TPSA) is 132 Å². The number of aliphatic hydroxyl groups excluding tert-OH is 1. The van der Waals surface area contributed by atoms with Crippen molar-refractivity contribution in [1.29, 1.82) is 0 Å². The number of ether oxygens (including phenoxy) is 3. The summed E-state index contributed by atoms with van der Waals surface area (Å²) in [5, 5.41) is 11.4. The van der Waals surface area contributed by atoms with Gasteiger partial charge in [0, 0.05) is 68.2 Å². The Kier molecular flexibility index (Phi) is 14.6. The van der Waals surface area contributed by atoms with E-state index in [4.69, 9.17) is 27.5 Å². The van der Waals surface area contributed by atoms with Crippen molar-refractivity contribution < 1.29 is 47.0 Å². The van der Waals surface area contributed by atoms with Gasteiger partial charge < -0.3 is 37.2 Å². The number of rotatable bonds is 21. The largest absolute Gasteiger partial charge is 0.500 e. The van der Waals surface area contributed by atoms with Crippen molar-refractivity contribution in [2.24, 2.45) is 16.2 Å². The molecule has 0 fully saturated rings. The van der Waals surface area contributed by atoms with E-state index in [1.807, 2.05) is 71.0 Å². The molecular weight excluding hydrogens is 659 g/mol. The molecular formula is C38H57NO10Si. The summed E-state index contributed by atoms with van der Waals surface area (Å²) in [4.78, 5) is 41.2. The second-order valence-corrected chi connectivity index (χ2v) is 17.3. The van der Waals surface area contributed by atoms with Gasteiger partial charge in [-0.25, -0.2) is 0 Å². The summed E-state index contributed by atoms with van der Waals surface area (Å²) < 4.78 is 35.7. The van der Waals surface area contributed by atoms with E-state index in [0.717, 1.165) is 21.8 Å². The number of fused-ring (bicyclic) bond motifs is 3. The first-order valence-corrected chi connectivity index (χ1v) is 19.3. The van der Waals surface area contributed by atoms with Crippen LogP contribution >= 0.6 is 0 Å². The molecule has 3 rings (SSSR count). The van der Waals surface area contributed by atoms with E-state index < -0.39 is 49.0 Å². The first-order chi connectivity index (χ1) is 23.7. The Morgan fingerprint density at radius 1 is 0.740 bits per heavy atom. The van der Waals surface area contributed by atoms with Crippen molar-refractivity contribution >= 4 is 48.5 Å². The van der Waals surface area contributed by atoms with E-state index in [0.29, 0.717) is 31.7 Å². The molecule has 0 aliphatic heterocycles. The smallest absolute Gasteiger partial charge is 0.469 e. The molecule has 2 aromatic carbocycles. The number of benzene rings is 2. The Balaban J connectivity index is 2.14. The van der Waals surface area contributed by atoms with Crippen LogP contribution < -0.4 is 0 Å². The summed E-state index contributed by atoms with van der Waals surface area (Å²) in [6.07, 6.45) is 1.96.